The number of carbonyl (C=O) groups excluding carboxylic acids is 1. The largest absolute Gasteiger partial charge is 0.314 e. The Labute approximate surface area is 125 Å². The highest BCUT2D eigenvalue weighted by Gasteiger charge is 2.20. The van der Waals surface area contributed by atoms with Gasteiger partial charge < -0.3 is 5.32 Å². The summed E-state index contributed by atoms with van der Waals surface area (Å²) in [6.45, 7) is 5.23. The molecule has 1 aromatic rings. The van der Waals surface area contributed by atoms with Crippen LogP contribution in [0.2, 0.25) is 0 Å². The van der Waals surface area contributed by atoms with Crippen molar-refractivity contribution >= 4 is 30.6 Å². The van der Waals surface area contributed by atoms with E-state index >= 15 is 0 Å². The molecule has 2 rings (SSSR count). The molecule has 0 aliphatic carbocycles. The molecule has 1 aliphatic heterocycles. The molecule has 0 radical (unpaired) electrons. The second kappa shape index (κ2) is 8.48. The van der Waals surface area contributed by atoms with Gasteiger partial charge in [0.15, 0.2) is 5.78 Å². The summed E-state index contributed by atoms with van der Waals surface area (Å²) in [5, 5.41) is 3.28. The van der Waals surface area contributed by atoms with Gasteiger partial charge in [0.1, 0.15) is 5.82 Å². The van der Waals surface area contributed by atoms with E-state index < -0.39 is 0 Å². The zero-order chi connectivity index (χ0) is 12.3. The zero-order valence-electron chi connectivity index (χ0n) is 10.8. The van der Waals surface area contributed by atoms with Crippen LogP contribution in [0.5, 0.6) is 0 Å². The molecule has 6 heteroatoms. The lowest BCUT2D eigenvalue weighted by molar-refractivity contribution is 0.0875. The van der Waals surface area contributed by atoms with Crippen molar-refractivity contribution in [3.8, 4) is 0 Å². The molecule has 0 unspecified atom stereocenters. The van der Waals surface area contributed by atoms with E-state index in [-0.39, 0.29) is 36.4 Å². The van der Waals surface area contributed by atoms with E-state index in [1.807, 2.05) is 0 Å². The molecule has 1 fully saturated rings. The van der Waals surface area contributed by atoms with Crippen LogP contribution < -0.4 is 5.32 Å². The highest BCUT2D eigenvalue weighted by Crippen LogP contribution is 2.08. The summed E-state index contributed by atoms with van der Waals surface area (Å²) >= 11 is 0. The Morgan fingerprint density at radius 2 is 2.00 bits per heavy atom. The number of Topliss-reactive ketones (excluding diaryl/α,β-unsaturated/α-hetero) is 1. The lowest BCUT2D eigenvalue weighted by atomic mass is 10.1. The summed E-state index contributed by atoms with van der Waals surface area (Å²) < 4.78 is 12.7. The summed E-state index contributed by atoms with van der Waals surface area (Å²) in [7, 11) is 0. The van der Waals surface area contributed by atoms with E-state index in [1.165, 1.54) is 12.1 Å². The molecule has 1 aromatic carbocycles. The lowest BCUT2D eigenvalue weighted by Gasteiger charge is -2.33. The fourth-order valence-corrected chi connectivity index (χ4v) is 2.03. The minimum atomic E-state index is -0.308. The number of carbonyl (C=O) groups is 1. The number of hydrogen-bond donors (Lipinski definition) is 1. The van der Waals surface area contributed by atoms with Crippen molar-refractivity contribution in [3.05, 3.63) is 35.6 Å². The number of benzene rings is 1. The summed E-state index contributed by atoms with van der Waals surface area (Å²) in [4.78, 5) is 14.1. The maximum atomic E-state index is 12.7. The van der Waals surface area contributed by atoms with Crippen LogP contribution in [0.25, 0.3) is 0 Å². The number of piperazine rings is 1. The monoisotopic (exact) mass is 308 g/mol. The first-order chi connectivity index (χ1) is 8.16. The smallest absolute Gasteiger partial charge is 0.176 e. The van der Waals surface area contributed by atoms with E-state index in [1.54, 1.807) is 12.1 Å². The van der Waals surface area contributed by atoms with Crippen molar-refractivity contribution < 1.29 is 9.18 Å². The second-order valence-corrected chi connectivity index (χ2v) is 4.45. The van der Waals surface area contributed by atoms with Gasteiger partial charge in [-0.15, -0.1) is 24.8 Å². The van der Waals surface area contributed by atoms with Gasteiger partial charge >= 0.3 is 0 Å². The van der Waals surface area contributed by atoms with Gasteiger partial charge in [0.05, 0.1) is 6.54 Å². The predicted octanol–water partition coefficient (Wildman–Crippen LogP) is 2.15. The van der Waals surface area contributed by atoms with Crippen LogP contribution in [0.1, 0.15) is 17.3 Å². The molecule has 1 N–H and O–H groups in total. The third-order valence-corrected chi connectivity index (χ3v) is 3.15. The molecule has 108 valence electrons. The van der Waals surface area contributed by atoms with Crippen molar-refractivity contribution in [1.82, 2.24) is 10.2 Å². The number of halogens is 3. The van der Waals surface area contributed by atoms with E-state index in [0.29, 0.717) is 18.2 Å². The minimum absolute atomic E-state index is 0. The summed E-state index contributed by atoms with van der Waals surface area (Å²) in [6, 6.07) is 6.12. The first kappa shape index (κ1) is 18.3. The van der Waals surface area contributed by atoms with Gasteiger partial charge in [-0.2, -0.15) is 0 Å². The predicted molar refractivity (Wildman–Crippen MR) is 79.1 cm³/mol. The number of hydrogen-bond acceptors (Lipinski definition) is 3. The van der Waals surface area contributed by atoms with Gasteiger partial charge in [-0.25, -0.2) is 4.39 Å². The average molecular weight is 309 g/mol. The number of rotatable bonds is 3. The van der Waals surface area contributed by atoms with Crippen LogP contribution in [0.4, 0.5) is 4.39 Å². The van der Waals surface area contributed by atoms with Gasteiger partial charge in [-0.3, -0.25) is 9.69 Å². The van der Waals surface area contributed by atoms with E-state index in [9.17, 15) is 9.18 Å². The molecule has 0 aromatic heterocycles. The fourth-order valence-electron chi connectivity index (χ4n) is 2.03. The van der Waals surface area contributed by atoms with Crippen molar-refractivity contribution in [1.29, 1.82) is 0 Å². The molecular weight excluding hydrogens is 290 g/mol. The Bertz CT molecular complexity index is 400. The molecule has 1 heterocycles. The normalized spacial score (nSPS) is 19.2. The highest BCUT2D eigenvalue weighted by molar-refractivity contribution is 5.97. The molecule has 0 spiro atoms. The maximum absolute atomic E-state index is 12.7. The third-order valence-electron chi connectivity index (χ3n) is 3.15. The summed E-state index contributed by atoms with van der Waals surface area (Å²) in [5.41, 5.74) is 0.581. The number of nitrogens with zero attached hydrogens (tertiary/aromatic N) is 1. The number of ketones is 1. The van der Waals surface area contributed by atoms with Crippen LogP contribution in [0.15, 0.2) is 24.3 Å². The Kier molecular flexibility index (Phi) is 8.18. The van der Waals surface area contributed by atoms with Gasteiger partial charge in [-0.05, 0) is 31.2 Å². The Hall–Kier alpha value is -0.680. The Morgan fingerprint density at radius 3 is 2.58 bits per heavy atom. The van der Waals surface area contributed by atoms with Crippen molar-refractivity contribution in [2.45, 2.75) is 13.0 Å². The van der Waals surface area contributed by atoms with Crippen LogP contribution >= 0.6 is 24.8 Å². The standard InChI is InChI=1S/C13H17FN2O.2ClH/c1-10-8-15-6-7-16(10)9-13(17)11-2-4-12(14)5-3-11;;/h2-5,10,15H,6-9H2,1H3;2*1H/t10-;;/m0../s1. The lowest BCUT2D eigenvalue weighted by Crippen LogP contribution is -2.51. The molecule has 19 heavy (non-hydrogen) atoms. The van der Waals surface area contributed by atoms with Crippen LogP contribution in [-0.4, -0.2) is 42.9 Å². The SMILES string of the molecule is C[C@H]1CNCCN1CC(=O)c1ccc(F)cc1.Cl.Cl. The molecule has 0 amide bonds. The van der Waals surface area contributed by atoms with Crippen molar-refractivity contribution in [2.75, 3.05) is 26.2 Å². The molecule has 1 saturated heterocycles. The molecule has 3 nitrogen and oxygen atoms in total. The van der Waals surface area contributed by atoms with Crippen LogP contribution in [-0.2, 0) is 0 Å². The average Bonchev–Trinajstić information content (AvgIpc) is 2.33. The number of nitrogens with one attached hydrogen (secondary N) is 1. The Morgan fingerprint density at radius 1 is 1.37 bits per heavy atom. The van der Waals surface area contributed by atoms with Gasteiger partial charge in [0.25, 0.3) is 0 Å². The van der Waals surface area contributed by atoms with Gasteiger partial charge in [0.2, 0.25) is 0 Å². The maximum Gasteiger partial charge on any atom is 0.176 e. The minimum Gasteiger partial charge on any atom is -0.314 e. The van der Waals surface area contributed by atoms with E-state index in [4.69, 9.17) is 0 Å². The molecular formula is C13H19Cl2FN2O. The molecule has 0 saturated carbocycles. The van der Waals surface area contributed by atoms with Crippen LogP contribution in [0.3, 0.4) is 0 Å². The summed E-state index contributed by atoms with van der Waals surface area (Å²) in [6.07, 6.45) is 0. The quantitative estimate of drug-likeness (QED) is 0.868. The molecule has 1 aliphatic rings. The van der Waals surface area contributed by atoms with Gasteiger partial charge in [0, 0.05) is 31.2 Å². The summed E-state index contributed by atoms with van der Waals surface area (Å²) in [5.74, 6) is -0.254. The van der Waals surface area contributed by atoms with Gasteiger partial charge in [-0.1, -0.05) is 0 Å². The zero-order valence-corrected chi connectivity index (χ0v) is 12.4. The third kappa shape index (κ3) is 5.07. The van der Waals surface area contributed by atoms with Crippen molar-refractivity contribution in [2.24, 2.45) is 0 Å². The topological polar surface area (TPSA) is 32.3 Å². The molecule has 1 atom stereocenters. The first-order valence-corrected chi connectivity index (χ1v) is 5.90. The first-order valence-electron chi connectivity index (χ1n) is 5.90. The molecule has 0 bridgehead atoms. The fraction of sp³-hybridized carbons (Fsp3) is 0.462. The van der Waals surface area contributed by atoms with Crippen molar-refractivity contribution in [3.63, 3.8) is 0 Å². The van der Waals surface area contributed by atoms with Crippen LogP contribution in [0, 0.1) is 5.82 Å². The second-order valence-electron chi connectivity index (χ2n) is 4.45. The van der Waals surface area contributed by atoms with E-state index in [2.05, 4.69) is 17.1 Å². The highest BCUT2D eigenvalue weighted by atomic mass is 35.5. The van der Waals surface area contributed by atoms with E-state index in [0.717, 1.165) is 19.6 Å². The Balaban J connectivity index is 0.00000162.